The van der Waals surface area contributed by atoms with E-state index in [1.54, 1.807) is 0 Å². The van der Waals surface area contributed by atoms with Crippen molar-refractivity contribution in [2.75, 3.05) is 13.6 Å². The highest BCUT2D eigenvalue weighted by Gasteiger charge is 1.90. The second-order valence-corrected chi connectivity index (χ2v) is 1.82. The van der Waals surface area contributed by atoms with E-state index in [1.165, 1.54) is 0 Å². The van der Waals surface area contributed by atoms with Crippen molar-refractivity contribution in [3.8, 4) is 17.6 Å². The average molecular weight is 168 g/mol. The Bertz CT molecular complexity index is 512. The third-order valence-corrected chi connectivity index (χ3v) is 1.05. The zero-order valence-corrected chi connectivity index (χ0v) is 6.14. The summed E-state index contributed by atoms with van der Waals surface area (Å²) in [6.45, 7) is -0.447. The van der Waals surface area contributed by atoms with Crippen molar-refractivity contribution in [1.82, 2.24) is 0 Å². The first-order chi connectivity index (χ1) is 8.26. The molecule has 0 saturated heterocycles. The van der Waals surface area contributed by atoms with Crippen LogP contribution in [0.15, 0.2) is 24.2 Å². The molecule has 62 valence electrons. The van der Waals surface area contributed by atoms with Crippen LogP contribution in [0.2, 0.25) is 0 Å². The molecule has 2 heteroatoms. The number of methoxy groups -OCH3 is 1. The van der Waals surface area contributed by atoms with E-state index in [2.05, 4.69) is 16.6 Å². The highest BCUT2D eigenvalue weighted by Crippen LogP contribution is 2.10. The van der Waals surface area contributed by atoms with E-state index in [0.717, 1.165) is 6.07 Å². The Morgan fingerprint density at radius 1 is 1.75 bits per heavy atom. The Morgan fingerprint density at radius 2 is 2.67 bits per heavy atom. The van der Waals surface area contributed by atoms with E-state index < -0.39 is 25.4 Å². The second-order valence-electron chi connectivity index (χ2n) is 1.82. The lowest BCUT2D eigenvalue weighted by Crippen LogP contribution is -1.83. The summed E-state index contributed by atoms with van der Waals surface area (Å²) < 4.78 is 48.1. The lowest BCUT2D eigenvalue weighted by atomic mass is 10.2. The van der Waals surface area contributed by atoms with Gasteiger partial charge >= 0.3 is 0 Å². The molecule has 1 aromatic carbocycles. The first kappa shape index (κ1) is 3.51. The van der Waals surface area contributed by atoms with Crippen LogP contribution in [0.5, 0.6) is 5.75 Å². The molecule has 0 aliphatic heterocycles. The highest BCUT2D eigenvalue weighted by atomic mass is 16.5. The largest absolute Gasteiger partial charge is 0.497 e. The maximum absolute atomic E-state index is 8.57. The molecule has 1 aromatic rings. The number of hydrogen-bond donors (Lipinski definition) is 1. The number of aliphatic hydroxyl groups excluding tert-OH is 1. The molecule has 0 heterocycles. The van der Waals surface area contributed by atoms with Crippen LogP contribution in [0.1, 0.15) is 13.8 Å². The number of aliphatic hydroxyl groups is 1. The summed E-state index contributed by atoms with van der Waals surface area (Å²) in [7, 11) is -2.78. The van der Waals surface area contributed by atoms with Gasteiger partial charge in [0.05, 0.1) is 15.3 Å². The molecule has 1 rings (SSSR count). The van der Waals surface area contributed by atoms with Crippen molar-refractivity contribution < 1.29 is 18.1 Å². The van der Waals surface area contributed by atoms with E-state index in [9.17, 15) is 0 Å². The summed E-state index contributed by atoms with van der Waals surface area (Å²) in [4.78, 5) is 0. The Hall–Kier alpha value is -1.46. The van der Waals surface area contributed by atoms with Crippen molar-refractivity contribution in [3.63, 3.8) is 0 Å². The van der Waals surface area contributed by atoms with Crippen molar-refractivity contribution in [3.05, 3.63) is 29.8 Å². The first-order valence-electron chi connectivity index (χ1n) is 6.16. The van der Waals surface area contributed by atoms with Gasteiger partial charge in [-0.25, -0.2) is 0 Å². The van der Waals surface area contributed by atoms with Crippen LogP contribution in [-0.4, -0.2) is 18.8 Å². The van der Waals surface area contributed by atoms with E-state index >= 15 is 0 Å². The fourth-order valence-electron chi connectivity index (χ4n) is 0.610. The molecule has 0 bridgehead atoms. The van der Waals surface area contributed by atoms with Crippen LogP contribution in [0.4, 0.5) is 0 Å². The Labute approximate surface area is 80.2 Å². The molecular formula is C10H10O2. The maximum Gasteiger partial charge on any atom is 0.120 e. The number of rotatable bonds is 1. The normalized spacial score (nSPS) is 16.8. The lowest BCUT2D eigenvalue weighted by molar-refractivity contribution is 0.350. The molecule has 0 amide bonds. The number of hydrogen-bond acceptors (Lipinski definition) is 2. The van der Waals surface area contributed by atoms with Crippen LogP contribution in [0, 0.1) is 11.8 Å². The third-order valence-electron chi connectivity index (χ3n) is 1.05. The second kappa shape index (κ2) is 4.42. The van der Waals surface area contributed by atoms with Gasteiger partial charge in [0, 0.05) is 5.56 Å². The molecule has 0 radical (unpaired) electrons. The SMILES string of the molecule is [2H]c1cc([2H])c(OC([2H])([2H])[2H])c([2H])c1C#CCO. The molecule has 0 aliphatic carbocycles. The van der Waals surface area contributed by atoms with Crippen molar-refractivity contribution in [2.45, 2.75) is 0 Å². The fraction of sp³-hybridized carbons (Fsp3) is 0.200. The summed E-state index contributed by atoms with van der Waals surface area (Å²) in [6, 6.07) is 0.0460. The maximum atomic E-state index is 8.57. The van der Waals surface area contributed by atoms with E-state index in [-0.39, 0.29) is 17.6 Å². The van der Waals surface area contributed by atoms with Crippen LogP contribution in [-0.2, 0) is 0 Å². The van der Waals surface area contributed by atoms with Gasteiger partial charge in [0.2, 0.25) is 0 Å². The molecule has 2 nitrogen and oxygen atoms in total. The smallest absolute Gasteiger partial charge is 0.120 e. The average Bonchev–Trinajstić information content (AvgIpc) is 2.23. The van der Waals surface area contributed by atoms with Gasteiger partial charge in [-0.2, -0.15) is 0 Å². The Balaban J connectivity index is 3.35. The predicted octanol–water partition coefficient (Wildman–Crippen LogP) is 1.04. The molecular weight excluding hydrogens is 152 g/mol. The summed E-state index contributed by atoms with van der Waals surface area (Å²) in [5.74, 6) is 4.18. The Morgan fingerprint density at radius 3 is 3.42 bits per heavy atom. The fourth-order valence-corrected chi connectivity index (χ4v) is 0.610. The zero-order valence-electron chi connectivity index (χ0n) is 12.1. The van der Waals surface area contributed by atoms with Gasteiger partial charge in [-0.1, -0.05) is 17.9 Å². The monoisotopic (exact) mass is 168 g/mol. The quantitative estimate of drug-likeness (QED) is 0.635. The van der Waals surface area contributed by atoms with Crippen LogP contribution in [0.3, 0.4) is 0 Å². The standard InChI is InChI=1S/C10H10O2/c1-12-10-6-2-4-9(8-10)5-3-7-11/h2,4,6,8,11H,7H2,1H3/i1D3,4D,6D,8D. The van der Waals surface area contributed by atoms with Gasteiger partial charge in [-0.05, 0) is 18.1 Å². The Kier molecular flexibility index (Phi) is 1.29. The molecule has 1 N–H and O–H groups in total. The lowest BCUT2D eigenvalue weighted by Gasteiger charge is -1.97. The highest BCUT2D eigenvalue weighted by molar-refractivity contribution is 5.39. The summed E-state index contributed by atoms with van der Waals surface area (Å²) >= 11 is 0. The minimum absolute atomic E-state index is 0.0840. The third kappa shape index (κ3) is 2.30. The predicted molar refractivity (Wildman–Crippen MR) is 47.0 cm³/mol. The first-order valence-corrected chi connectivity index (χ1v) is 3.16. The van der Waals surface area contributed by atoms with Crippen molar-refractivity contribution in [2.24, 2.45) is 0 Å². The van der Waals surface area contributed by atoms with Crippen molar-refractivity contribution >= 4 is 0 Å². The van der Waals surface area contributed by atoms with E-state index in [1.807, 2.05) is 0 Å². The molecule has 0 atom stereocenters. The van der Waals surface area contributed by atoms with Gasteiger partial charge in [-0.15, -0.1) is 0 Å². The molecule has 0 saturated carbocycles. The summed E-state index contributed by atoms with van der Waals surface area (Å²) in [6.07, 6.45) is 0. The zero-order chi connectivity index (χ0) is 13.9. The van der Waals surface area contributed by atoms with Crippen LogP contribution < -0.4 is 4.74 Å². The summed E-state index contributed by atoms with van der Waals surface area (Å²) in [5.41, 5.74) is -0.0840. The molecule has 12 heavy (non-hydrogen) atoms. The van der Waals surface area contributed by atoms with Crippen molar-refractivity contribution in [1.29, 1.82) is 0 Å². The van der Waals surface area contributed by atoms with Crippen LogP contribution >= 0.6 is 0 Å². The van der Waals surface area contributed by atoms with Gasteiger partial charge in [0.15, 0.2) is 0 Å². The molecule has 0 spiro atoms. The molecule has 0 aromatic heterocycles. The summed E-state index contributed by atoms with van der Waals surface area (Å²) in [5, 5.41) is 8.57. The minimum Gasteiger partial charge on any atom is -0.497 e. The van der Waals surface area contributed by atoms with Gasteiger partial charge in [-0.3, -0.25) is 0 Å². The van der Waals surface area contributed by atoms with Gasteiger partial charge < -0.3 is 9.84 Å². The van der Waals surface area contributed by atoms with Gasteiger partial charge in [0.25, 0.3) is 0 Å². The van der Waals surface area contributed by atoms with E-state index in [0.29, 0.717) is 0 Å². The minimum atomic E-state index is -2.78. The molecule has 0 unspecified atom stereocenters. The van der Waals surface area contributed by atoms with E-state index in [4.69, 9.17) is 13.3 Å². The number of benzene rings is 1. The molecule has 0 aliphatic rings. The van der Waals surface area contributed by atoms with Crippen LogP contribution in [0.25, 0.3) is 0 Å². The topological polar surface area (TPSA) is 29.5 Å². The molecule has 0 fully saturated rings. The van der Waals surface area contributed by atoms with Gasteiger partial charge in [0.1, 0.15) is 12.4 Å². The number of ether oxygens (including phenoxy) is 1.